The van der Waals surface area contributed by atoms with E-state index < -0.39 is 0 Å². The number of rotatable bonds is 3. The Morgan fingerprint density at radius 2 is 0.950 bits per heavy atom. The Hall–Kier alpha value is -5.41. The zero-order valence-electron chi connectivity index (χ0n) is 21.6. The third kappa shape index (κ3) is 3.63. The van der Waals surface area contributed by atoms with E-state index in [1.54, 1.807) is 0 Å². The van der Waals surface area contributed by atoms with Crippen LogP contribution in [-0.4, -0.2) is 15.0 Å². The number of nitrogens with zero attached hydrogens (tertiary/aromatic N) is 3. The Balaban J connectivity index is 1.39. The van der Waals surface area contributed by atoms with Gasteiger partial charge in [0.15, 0.2) is 5.82 Å². The molecule has 0 amide bonds. The van der Waals surface area contributed by atoms with Crippen molar-refractivity contribution in [3.8, 4) is 33.9 Å². The highest BCUT2D eigenvalue weighted by atomic mass is 14.9. The summed E-state index contributed by atoms with van der Waals surface area (Å²) in [5.41, 5.74) is 6.91. The monoisotopic (exact) mass is 509 g/mol. The molecule has 0 saturated heterocycles. The second-order valence-corrected chi connectivity index (χ2v) is 10.0. The van der Waals surface area contributed by atoms with Crippen molar-refractivity contribution in [2.45, 2.75) is 0 Å². The predicted molar refractivity (Wildman–Crippen MR) is 166 cm³/mol. The zero-order chi connectivity index (χ0) is 26.5. The van der Waals surface area contributed by atoms with E-state index in [1.165, 1.54) is 21.5 Å². The fourth-order valence-electron chi connectivity index (χ4n) is 5.77. The van der Waals surface area contributed by atoms with Gasteiger partial charge >= 0.3 is 0 Å². The van der Waals surface area contributed by atoms with Crippen molar-refractivity contribution < 1.29 is 0 Å². The number of fused-ring (bicyclic) bond motifs is 6. The molecule has 0 aliphatic rings. The average molecular weight is 510 g/mol. The van der Waals surface area contributed by atoms with E-state index in [0.29, 0.717) is 0 Å². The summed E-state index contributed by atoms with van der Waals surface area (Å²) in [7, 11) is 0. The zero-order valence-corrected chi connectivity index (χ0v) is 21.6. The molecule has 40 heavy (non-hydrogen) atoms. The molecule has 0 N–H and O–H groups in total. The highest BCUT2D eigenvalue weighted by Crippen LogP contribution is 2.38. The smallest absolute Gasteiger partial charge is 0.160 e. The minimum absolute atomic E-state index is 0.723. The first-order valence-electron chi connectivity index (χ1n) is 13.5. The molecule has 0 fully saturated rings. The van der Waals surface area contributed by atoms with Gasteiger partial charge in [0.05, 0.1) is 22.4 Å². The van der Waals surface area contributed by atoms with Crippen LogP contribution in [0.15, 0.2) is 140 Å². The molecule has 0 aliphatic heterocycles. The van der Waals surface area contributed by atoms with Crippen molar-refractivity contribution in [1.82, 2.24) is 15.0 Å². The SMILES string of the molecule is c1ccc(-c2nc(-c3cccc(-c4nc5ccccc5c5c4ccc4ccccc45)c3)c3ccccc3n2)cc1. The number of hydrogen-bond donors (Lipinski definition) is 0. The lowest BCUT2D eigenvalue weighted by molar-refractivity contribution is 1.23. The highest BCUT2D eigenvalue weighted by Gasteiger charge is 2.16. The van der Waals surface area contributed by atoms with Crippen LogP contribution in [0, 0.1) is 0 Å². The molecular formula is C37H23N3. The minimum Gasteiger partial charge on any atom is -0.247 e. The molecule has 0 unspecified atom stereocenters. The standard InChI is InChI=1S/C37H23N3/c1-2-12-25(13-3-1)37-39-33-20-9-7-18-30(33)35(40-37)26-14-10-15-27(23-26)36-31-22-21-24-11-4-5-16-28(24)34(31)29-17-6-8-19-32(29)38-36/h1-23H. The van der Waals surface area contributed by atoms with Crippen molar-refractivity contribution in [3.05, 3.63) is 140 Å². The van der Waals surface area contributed by atoms with Gasteiger partial charge in [-0.2, -0.15) is 0 Å². The highest BCUT2D eigenvalue weighted by molar-refractivity contribution is 6.22. The molecular weight excluding hydrogens is 486 g/mol. The summed E-state index contributed by atoms with van der Waals surface area (Å²) in [6.07, 6.45) is 0. The number of pyridine rings is 1. The van der Waals surface area contributed by atoms with Crippen molar-refractivity contribution in [2.24, 2.45) is 0 Å². The van der Waals surface area contributed by atoms with E-state index in [-0.39, 0.29) is 0 Å². The van der Waals surface area contributed by atoms with Gasteiger partial charge in [-0.3, -0.25) is 0 Å². The molecule has 0 atom stereocenters. The first-order chi connectivity index (χ1) is 19.8. The maximum atomic E-state index is 5.21. The molecule has 0 saturated carbocycles. The number of hydrogen-bond acceptors (Lipinski definition) is 3. The fourth-order valence-corrected chi connectivity index (χ4v) is 5.77. The van der Waals surface area contributed by atoms with Crippen molar-refractivity contribution >= 4 is 43.4 Å². The number of aromatic nitrogens is 3. The number of benzene rings is 6. The molecule has 2 aromatic heterocycles. The normalized spacial score (nSPS) is 11.5. The quantitative estimate of drug-likeness (QED) is 0.223. The summed E-state index contributed by atoms with van der Waals surface area (Å²) in [4.78, 5) is 15.2. The molecule has 8 rings (SSSR count). The van der Waals surface area contributed by atoms with Gasteiger partial charge in [-0.15, -0.1) is 0 Å². The molecule has 0 bridgehead atoms. The molecule has 3 heteroatoms. The van der Waals surface area contributed by atoms with Gasteiger partial charge in [-0.05, 0) is 29.0 Å². The Morgan fingerprint density at radius 1 is 0.350 bits per heavy atom. The van der Waals surface area contributed by atoms with Crippen LogP contribution in [-0.2, 0) is 0 Å². The Kier molecular flexibility index (Phi) is 5.14. The van der Waals surface area contributed by atoms with Gasteiger partial charge in [0.1, 0.15) is 0 Å². The van der Waals surface area contributed by atoms with E-state index in [2.05, 4.69) is 109 Å². The molecule has 0 spiro atoms. The fraction of sp³-hybridized carbons (Fsp3) is 0. The van der Waals surface area contributed by atoms with Crippen LogP contribution in [0.4, 0.5) is 0 Å². The summed E-state index contributed by atoms with van der Waals surface area (Å²) in [6, 6.07) is 48.4. The first-order valence-corrected chi connectivity index (χ1v) is 13.5. The topological polar surface area (TPSA) is 38.7 Å². The first kappa shape index (κ1) is 22.6. The van der Waals surface area contributed by atoms with Crippen molar-refractivity contribution in [3.63, 3.8) is 0 Å². The van der Waals surface area contributed by atoms with E-state index in [0.717, 1.165) is 55.7 Å². The van der Waals surface area contributed by atoms with Crippen LogP contribution in [0.2, 0.25) is 0 Å². The number of para-hydroxylation sites is 2. The van der Waals surface area contributed by atoms with E-state index in [1.807, 2.05) is 30.3 Å². The second kappa shape index (κ2) is 9.11. The maximum Gasteiger partial charge on any atom is 0.160 e. The van der Waals surface area contributed by atoms with Crippen LogP contribution < -0.4 is 0 Å². The summed E-state index contributed by atoms with van der Waals surface area (Å²) in [5, 5.41) is 7.05. The molecule has 0 radical (unpaired) electrons. The van der Waals surface area contributed by atoms with Gasteiger partial charge in [0.2, 0.25) is 0 Å². The summed E-state index contributed by atoms with van der Waals surface area (Å²) in [5.74, 6) is 0.723. The molecule has 0 aliphatic carbocycles. The largest absolute Gasteiger partial charge is 0.247 e. The Morgan fingerprint density at radius 3 is 1.75 bits per heavy atom. The van der Waals surface area contributed by atoms with Crippen molar-refractivity contribution in [2.75, 3.05) is 0 Å². The summed E-state index contributed by atoms with van der Waals surface area (Å²) in [6.45, 7) is 0. The van der Waals surface area contributed by atoms with Gasteiger partial charge in [0.25, 0.3) is 0 Å². The lowest BCUT2D eigenvalue weighted by atomic mass is 9.94. The third-order valence-electron chi connectivity index (χ3n) is 7.63. The average Bonchev–Trinajstić information content (AvgIpc) is 3.04. The van der Waals surface area contributed by atoms with E-state index in [4.69, 9.17) is 15.0 Å². The van der Waals surface area contributed by atoms with Gasteiger partial charge in [-0.25, -0.2) is 15.0 Å². The molecule has 6 aromatic carbocycles. The summed E-state index contributed by atoms with van der Waals surface area (Å²) < 4.78 is 0. The van der Waals surface area contributed by atoms with Crippen molar-refractivity contribution in [1.29, 1.82) is 0 Å². The van der Waals surface area contributed by atoms with Gasteiger partial charge in [0, 0.05) is 38.2 Å². The third-order valence-corrected chi connectivity index (χ3v) is 7.63. The molecule has 3 nitrogen and oxygen atoms in total. The second-order valence-electron chi connectivity index (χ2n) is 10.0. The molecule has 186 valence electrons. The van der Waals surface area contributed by atoms with E-state index >= 15 is 0 Å². The summed E-state index contributed by atoms with van der Waals surface area (Å²) >= 11 is 0. The lowest BCUT2D eigenvalue weighted by Crippen LogP contribution is -1.96. The minimum atomic E-state index is 0.723. The van der Waals surface area contributed by atoms with Crippen LogP contribution >= 0.6 is 0 Å². The molecule has 2 heterocycles. The lowest BCUT2D eigenvalue weighted by Gasteiger charge is -2.14. The van der Waals surface area contributed by atoms with Crippen LogP contribution in [0.5, 0.6) is 0 Å². The Bertz CT molecular complexity index is 2200. The Labute approximate surface area is 231 Å². The van der Waals surface area contributed by atoms with Crippen LogP contribution in [0.3, 0.4) is 0 Å². The predicted octanol–water partition coefficient (Wildman–Crippen LogP) is 9.49. The van der Waals surface area contributed by atoms with Gasteiger partial charge in [-0.1, -0.05) is 121 Å². The van der Waals surface area contributed by atoms with Crippen LogP contribution in [0.25, 0.3) is 77.3 Å². The van der Waals surface area contributed by atoms with E-state index in [9.17, 15) is 0 Å². The maximum absolute atomic E-state index is 5.21. The molecule has 8 aromatic rings. The van der Waals surface area contributed by atoms with Crippen LogP contribution in [0.1, 0.15) is 0 Å². The van der Waals surface area contributed by atoms with Gasteiger partial charge < -0.3 is 0 Å².